The summed E-state index contributed by atoms with van der Waals surface area (Å²) >= 11 is 0. The molecule has 3 unspecified atom stereocenters. The third kappa shape index (κ3) is 5.53. The van der Waals surface area contributed by atoms with Crippen LogP contribution in [0.25, 0.3) is 0 Å². The number of alkyl carbamates (subject to hydrolysis) is 1. The first kappa shape index (κ1) is 16.1. The van der Waals surface area contributed by atoms with Crippen molar-refractivity contribution in [2.75, 3.05) is 6.54 Å². The zero-order valence-electron chi connectivity index (χ0n) is 13.2. The highest BCUT2D eigenvalue weighted by Gasteiger charge is 2.28. The summed E-state index contributed by atoms with van der Waals surface area (Å²) in [5.41, 5.74) is -0.457. The highest BCUT2D eigenvalue weighted by Crippen LogP contribution is 2.20. The minimum absolute atomic E-state index is 0.151. The molecule has 3 N–H and O–H groups in total. The molecule has 120 valence electrons. The topological polar surface area (TPSA) is 79.5 Å². The van der Waals surface area contributed by atoms with Gasteiger partial charge in [-0.05, 0) is 46.5 Å². The molecular weight excluding hydrogens is 270 g/mol. The number of rotatable bonds is 4. The predicted molar refractivity (Wildman–Crippen MR) is 80.0 cm³/mol. The molecule has 0 radical (unpaired) electrons. The van der Waals surface area contributed by atoms with Gasteiger partial charge in [-0.1, -0.05) is 0 Å². The lowest BCUT2D eigenvalue weighted by molar-refractivity contribution is -0.119. The maximum absolute atomic E-state index is 11.7. The van der Waals surface area contributed by atoms with Crippen LogP contribution < -0.4 is 16.0 Å². The lowest BCUT2D eigenvalue weighted by atomic mass is 10.2. The number of carbonyl (C=O) groups excluding carboxylic acids is 2. The molecule has 2 amide bonds. The summed E-state index contributed by atoms with van der Waals surface area (Å²) in [6.07, 6.45) is 4.14. The summed E-state index contributed by atoms with van der Waals surface area (Å²) in [5.74, 6) is 0.151. The molecule has 1 saturated carbocycles. The van der Waals surface area contributed by atoms with E-state index in [1.54, 1.807) is 0 Å². The molecule has 21 heavy (non-hydrogen) atoms. The van der Waals surface area contributed by atoms with Crippen molar-refractivity contribution in [3.63, 3.8) is 0 Å². The van der Waals surface area contributed by atoms with E-state index >= 15 is 0 Å². The molecule has 1 aliphatic carbocycles. The van der Waals surface area contributed by atoms with E-state index in [1.807, 2.05) is 20.8 Å². The van der Waals surface area contributed by atoms with Gasteiger partial charge >= 0.3 is 6.09 Å². The van der Waals surface area contributed by atoms with Gasteiger partial charge in [0.15, 0.2) is 0 Å². The van der Waals surface area contributed by atoms with Crippen molar-refractivity contribution >= 4 is 12.0 Å². The Labute approximate surface area is 126 Å². The van der Waals surface area contributed by atoms with Gasteiger partial charge in [0.05, 0.1) is 0 Å². The van der Waals surface area contributed by atoms with Gasteiger partial charge < -0.3 is 20.7 Å². The maximum Gasteiger partial charge on any atom is 0.407 e. The van der Waals surface area contributed by atoms with Crippen LogP contribution in [-0.2, 0) is 9.53 Å². The van der Waals surface area contributed by atoms with Crippen LogP contribution in [0, 0.1) is 0 Å². The number of nitrogens with one attached hydrogen (secondary N) is 3. The third-order valence-corrected chi connectivity index (χ3v) is 3.89. The van der Waals surface area contributed by atoms with E-state index in [2.05, 4.69) is 16.0 Å². The number of hydrogen-bond acceptors (Lipinski definition) is 4. The molecular formula is C15H27N3O3. The van der Waals surface area contributed by atoms with Gasteiger partial charge in [0.2, 0.25) is 5.91 Å². The lowest BCUT2D eigenvalue weighted by Gasteiger charge is -2.22. The standard InChI is InChI=1S/C15H27N3O3/c1-15(2,3)21-14(20)18-11-5-4-10(8-11)16-9-12-6-7-13(19)17-12/h10-12,16H,4-9H2,1-3H3,(H,17,19)(H,18,20). The zero-order valence-corrected chi connectivity index (χ0v) is 13.2. The summed E-state index contributed by atoms with van der Waals surface area (Å²) in [6, 6.07) is 0.841. The van der Waals surface area contributed by atoms with Gasteiger partial charge in [-0.3, -0.25) is 4.79 Å². The number of amides is 2. The molecule has 3 atom stereocenters. The molecule has 2 fully saturated rings. The SMILES string of the molecule is CC(C)(C)OC(=O)NC1CCC(NCC2CCC(=O)N2)C1. The Bertz CT molecular complexity index is 392. The smallest absolute Gasteiger partial charge is 0.407 e. The van der Waals surface area contributed by atoms with Crippen LogP contribution in [0.5, 0.6) is 0 Å². The van der Waals surface area contributed by atoms with Crippen LogP contribution in [0.3, 0.4) is 0 Å². The van der Waals surface area contributed by atoms with E-state index in [-0.39, 0.29) is 24.1 Å². The van der Waals surface area contributed by atoms with E-state index in [4.69, 9.17) is 4.74 Å². The number of ether oxygens (including phenoxy) is 1. The Hall–Kier alpha value is -1.30. The van der Waals surface area contributed by atoms with E-state index in [1.165, 1.54) is 0 Å². The summed E-state index contributed by atoms with van der Waals surface area (Å²) in [4.78, 5) is 22.9. The molecule has 0 aromatic heterocycles. The molecule has 0 bridgehead atoms. The average molecular weight is 297 g/mol. The van der Waals surface area contributed by atoms with Gasteiger partial charge in [0.1, 0.15) is 5.60 Å². The first-order valence-corrected chi connectivity index (χ1v) is 7.84. The Morgan fingerprint density at radius 1 is 1.29 bits per heavy atom. The first-order chi connectivity index (χ1) is 9.82. The zero-order chi connectivity index (χ0) is 15.5. The van der Waals surface area contributed by atoms with Crippen LogP contribution in [0.4, 0.5) is 4.79 Å². The van der Waals surface area contributed by atoms with Crippen LogP contribution in [-0.4, -0.2) is 42.3 Å². The Morgan fingerprint density at radius 3 is 2.62 bits per heavy atom. The van der Waals surface area contributed by atoms with Crippen molar-refractivity contribution in [1.82, 2.24) is 16.0 Å². The third-order valence-electron chi connectivity index (χ3n) is 3.89. The molecule has 6 nitrogen and oxygen atoms in total. The quantitative estimate of drug-likeness (QED) is 0.731. The van der Waals surface area contributed by atoms with E-state index in [0.717, 1.165) is 32.2 Å². The molecule has 0 aromatic rings. The summed E-state index contributed by atoms with van der Waals surface area (Å²) in [7, 11) is 0. The minimum Gasteiger partial charge on any atom is -0.444 e. The van der Waals surface area contributed by atoms with Gasteiger partial charge in [-0.15, -0.1) is 0 Å². The van der Waals surface area contributed by atoms with E-state index in [0.29, 0.717) is 12.5 Å². The number of hydrogen-bond donors (Lipinski definition) is 3. The average Bonchev–Trinajstić information content (AvgIpc) is 2.93. The normalized spacial score (nSPS) is 29.3. The second-order valence-electron chi connectivity index (χ2n) is 7.06. The van der Waals surface area contributed by atoms with E-state index in [9.17, 15) is 9.59 Å². The second-order valence-corrected chi connectivity index (χ2v) is 7.06. The highest BCUT2D eigenvalue weighted by molar-refractivity contribution is 5.78. The van der Waals surface area contributed by atoms with Gasteiger partial charge in [-0.25, -0.2) is 4.79 Å². The maximum atomic E-state index is 11.7. The van der Waals surface area contributed by atoms with Crippen molar-refractivity contribution in [3.8, 4) is 0 Å². The summed E-state index contributed by atoms with van der Waals surface area (Å²) < 4.78 is 5.27. The fraction of sp³-hybridized carbons (Fsp3) is 0.867. The molecule has 1 saturated heterocycles. The Kier molecular flexibility index (Phi) is 5.08. The molecule has 6 heteroatoms. The molecule has 1 aliphatic heterocycles. The van der Waals surface area contributed by atoms with E-state index < -0.39 is 5.60 Å². The van der Waals surface area contributed by atoms with Gasteiger partial charge in [-0.2, -0.15) is 0 Å². The summed E-state index contributed by atoms with van der Waals surface area (Å²) in [5, 5.41) is 9.37. The van der Waals surface area contributed by atoms with Crippen LogP contribution >= 0.6 is 0 Å². The highest BCUT2D eigenvalue weighted by atomic mass is 16.6. The van der Waals surface area contributed by atoms with Gasteiger partial charge in [0, 0.05) is 31.1 Å². The fourth-order valence-electron chi connectivity index (χ4n) is 2.91. The second kappa shape index (κ2) is 6.64. The Balaban J connectivity index is 1.64. The Morgan fingerprint density at radius 2 is 2.00 bits per heavy atom. The fourth-order valence-corrected chi connectivity index (χ4v) is 2.91. The van der Waals surface area contributed by atoms with Crippen molar-refractivity contribution in [1.29, 1.82) is 0 Å². The van der Waals surface area contributed by atoms with Crippen molar-refractivity contribution in [2.24, 2.45) is 0 Å². The molecule has 0 aromatic carbocycles. The molecule has 2 aliphatic rings. The van der Waals surface area contributed by atoms with Crippen molar-refractivity contribution in [2.45, 2.75) is 76.6 Å². The van der Waals surface area contributed by atoms with Crippen LogP contribution in [0.1, 0.15) is 52.9 Å². The van der Waals surface area contributed by atoms with Crippen molar-refractivity contribution < 1.29 is 14.3 Å². The van der Waals surface area contributed by atoms with Gasteiger partial charge in [0.25, 0.3) is 0 Å². The first-order valence-electron chi connectivity index (χ1n) is 7.84. The predicted octanol–water partition coefficient (Wildman–Crippen LogP) is 1.30. The summed E-state index contributed by atoms with van der Waals surface area (Å²) in [6.45, 7) is 6.40. The number of carbonyl (C=O) groups is 2. The van der Waals surface area contributed by atoms with Crippen molar-refractivity contribution in [3.05, 3.63) is 0 Å². The molecule has 2 rings (SSSR count). The monoisotopic (exact) mass is 297 g/mol. The molecule has 1 heterocycles. The van der Waals surface area contributed by atoms with Crippen LogP contribution in [0.15, 0.2) is 0 Å². The molecule has 0 spiro atoms. The van der Waals surface area contributed by atoms with Crippen LogP contribution in [0.2, 0.25) is 0 Å². The lowest BCUT2D eigenvalue weighted by Crippen LogP contribution is -2.41. The minimum atomic E-state index is -0.457. The largest absolute Gasteiger partial charge is 0.444 e.